The number of para-hydroxylation sites is 1. The van der Waals surface area contributed by atoms with E-state index in [2.05, 4.69) is 35.3 Å². The second-order valence-electron chi connectivity index (χ2n) is 7.69. The highest BCUT2D eigenvalue weighted by Crippen LogP contribution is 2.33. The molecule has 0 spiro atoms. The molecular formula is C25H28N4O2S. The molecule has 0 bridgehead atoms. The van der Waals surface area contributed by atoms with Crippen molar-refractivity contribution in [3.05, 3.63) is 65.9 Å². The van der Waals surface area contributed by atoms with E-state index in [9.17, 15) is 4.79 Å². The van der Waals surface area contributed by atoms with Gasteiger partial charge in [-0.1, -0.05) is 47.7 Å². The number of thioether (sulfide) groups is 1. The molecular weight excluding hydrogens is 420 g/mol. The van der Waals surface area contributed by atoms with Gasteiger partial charge < -0.3 is 9.64 Å². The fraction of sp³-hybridized carbons (Fsp3) is 0.320. The number of amides is 1. The molecule has 0 unspecified atom stereocenters. The van der Waals surface area contributed by atoms with Gasteiger partial charge in [-0.2, -0.15) is 0 Å². The van der Waals surface area contributed by atoms with Gasteiger partial charge in [-0.15, -0.1) is 10.2 Å². The third kappa shape index (κ3) is 4.58. The number of aromatic nitrogens is 3. The number of benzene rings is 2. The number of carbonyl (C=O) groups excluding carboxylic acids is 1. The minimum atomic E-state index is 0.1000. The molecule has 32 heavy (non-hydrogen) atoms. The van der Waals surface area contributed by atoms with E-state index in [-0.39, 0.29) is 5.91 Å². The second-order valence-corrected chi connectivity index (χ2v) is 8.63. The first kappa shape index (κ1) is 22.1. The SMILES string of the molecule is CCN(C(=O)CSc1nnc(-c2ccccc2OC)n1-c1ccc(C)cc1)C1=CCCC1. The maximum atomic E-state index is 13.0. The van der Waals surface area contributed by atoms with Gasteiger partial charge in [0.05, 0.1) is 18.4 Å². The topological polar surface area (TPSA) is 60.3 Å². The molecule has 0 saturated heterocycles. The maximum Gasteiger partial charge on any atom is 0.237 e. The Hall–Kier alpha value is -3.06. The summed E-state index contributed by atoms with van der Waals surface area (Å²) < 4.78 is 7.57. The number of hydrogen-bond acceptors (Lipinski definition) is 5. The third-order valence-electron chi connectivity index (χ3n) is 5.58. The van der Waals surface area contributed by atoms with E-state index in [1.54, 1.807) is 7.11 Å². The van der Waals surface area contributed by atoms with Crippen LogP contribution in [0.4, 0.5) is 0 Å². The average molecular weight is 449 g/mol. The summed E-state index contributed by atoms with van der Waals surface area (Å²) in [6, 6.07) is 16.0. The molecule has 0 fully saturated rings. The van der Waals surface area contributed by atoms with Gasteiger partial charge in [0.1, 0.15) is 5.75 Å². The van der Waals surface area contributed by atoms with Crippen LogP contribution in [0.25, 0.3) is 17.1 Å². The quantitative estimate of drug-likeness (QED) is 0.440. The Bertz CT molecular complexity index is 1120. The molecule has 1 aliphatic rings. The molecule has 1 heterocycles. The van der Waals surface area contributed by atoms with Crippen molar-refractivity contribution in [2.75, 3.05) is 19.4 Å². The summed E-state index contributed by atoms with van der Waals surface area (Å²) in [6.07, 6.45) is 5.33. The van der Waals surface area contributed by atoms with E-state index in [0.29, 0.717) is 23.3 Å². The lowest BCUT2D eigenvalue weighted by molar-refractivity contribution is -0.126. The summed E-state index contributed by atoms with van der Waals surface area (Å²) in [5.41, 5.74) is 4.12. The molecule has 2 aromatic carbocycles. The van der Waals surface area contributed by atoms with Crippen LogP contribution < -0.4 is 4.74 Å². The number of aryl methyl sites for hydroxylation is 1. The highest BCUT2D eigenvalue weighted by Gasteiger charge is 2.22. The maximum absolute atomic E-state index is 13.0. The molecule has 1 amide bonds. The number of nitrogens with zero attached hydrogens (tertiary/aromatic N) is 4. The van der Waals surface area contributed by atoms with Crippen LogP contribution >= 0.6 is 11.8 Å². The van der Waals surface area contributed by atoms with Crippen LogP contribution in [0.3, 0.4) is 0 Å². The number of methoxy groups -OCH3 is 1. The van der Waals surface area contributed by atoms with E-state index in [0.717, 1.165) is 42.0 Å². The van der Waals surface area contributed by atoms with Crippen molar-refractivity contribution in [2.24, 2.45) is 0 Å². The van der Waals surface area contributed by atoms with Crippen LogP contribution in [0.2, 0.25) is 0 Å². The first-order valence-electron chi connectivity index (χ1n) is 10.9. The van der Waals surface area contributed by atoms with Gasteiger partial charge in [0.25, 0.3) is 0 Å². The van der Waals surface area contributed by atoms with Gasteiger partial charge >= 0.3 is 0 Å². The number of rotatable bonds is 8. The van der Waals surface area contributed by atoms with Crippen molar-refractivity contribution in [1.82, 2.24) is 19.7 Å². The summed E-state index contributed by atoms with van der Waals surface area (Å²) in [5.74, 6) is 1.82. The van der Waals surface area contributed by atoms with Crippen LogP contribution in [-0.4, -0.2) is 45.0 Å². The third-order valence-corrected chi connectivity index (χ3v) is 6.49. The summed E-state index contributed by atoms with van der Waals surface area (Å²) in [6.45, 7) is 4.76. The molecule has 166 valence electrons. The van der Waals surface area contributed by atoms with Gasteiger partial charge in [-0.05, 0) is 57.4 Å². The summed E-state index contributed by atoms with van der Waals surface area (Å²) in [5, 5.41) is 9.63. The zero-order valence-electron chi connectivity index (χ0n) is 18.7. The van der Waals surface area contributed by atoms with Gasteiger partial charge in [-0.25, -0.2) is 0 Å². The van der Waals surface area contributed by atoms with E-state index in [4.69, 9.17) is 4.74 Å². The van der Waals surface area contributed by atoms with Crippen molar-refractivity contribution >= 4 is 17.7 Å². The smallest absolute Gasteiger partial charge is 0.237 e. The molecule has 6 nitrogen and oxygen atoms in total. The predicted molar refractivity (Wildman–Crippen MR) is 128 cm³/mol. The Morgan fingerprint density at radius 1 is 1.16 bits per heavy atom. The van der Waals surface area contributed by atoms with Crippen LogP contribution in [0.5, 0.6) is 5.75 Å². The average Bonchev–Trinajstić information content (AvgIpc) is 3.49. The monoisotopic (exact) mass is 448 g/mol. The van der Waals surface area contributed by atoms with Crippen molar-refractivity contribution in [1.29, 1.82) is 0 Å². The minimum absolute atomic E-state index is 0.1000. The van der Waals surface area contributed by atoms with Gasteiger partial charge in [-0.3, -0.25) is 9.36 Å². The van der Waals surface area contributed by atoms with Crippen LogP contribution in [-0.2, 0) is 4.79 Å². The number of hydrogen-bond donors (Lipinski definition) is 0. The summed E-state index contributed by atoms with van der Waals surface area (Å²) in [4.78, 5) is 14.9. The molecule has 0 atom stereocenters. The second kappa shape index (κ2) is 10.0. The molecule has 4 rings (SSSR count). The lowest BCUT2D eigenvalue weighted by Crippen LogP contribution is -2.31. The highest BCUT2D eigenvalue weighted by atomic mass is 32.2. The van der Waals surface area contributed by atoms with Gasteiger partial charge in [0.2, 0.25) is 5.91 Å². The fourth-order valence-corrected chi connectivity index (χ4v) is 4.76. The van der Waals surface area contributed by atoms with Gasteiger partial charge in [0, 0.05) is 17.9 Å². The largest absolute Gasteiger partial charge is 0.496 e. The van der Waals surface area contributed by atoms with E-state index < -0.39 is 0 Å². The first-order chi connectivity index (χ1) is 15.6. The predicted octanol–water partition coefficient (Wildman–Crippen LogP) is 5.26. The Morgan fingerprint density at radius 2 is 1.94 bits per heavy atom. The van der Waals surface area contributed by atoms with Crippen LogP contribution in [0, 0.1) is 6.92 Å². The molecule has 7 heteroatoms. The van der Waals surface area contributed by atoms with Crippen LogP contribution in [0.1, 0.15) is 31.7 Å². The van der Waals surface area contributed by atoms with Gasteiger partial charge in [0.15, 0.2) is 11.0 Å². The molecule has 0 radical (unpaired) electrons. The van der Waals surface area contributed by atoms with Crippen LogP contribution in [0.15, 0.2) is 65.5 Å². The lowest BCUT2D eigenvalue weighted by atomic mass is 10.1. The molecule has 1 aliphatic carbocycles. The van der Waals surface area contributed by atoms with Crippen molar-refractivity contribution in [3.63, 3.8) is 0 Å². The van der Waals surface area contributed by atoms with Crippen molar-refractivity contribution in [3.8, 4) is 22.8 Å². The summed E-state index contributed by atoms with van der Waals surface area (Å²) in [7, 11) is 1.65. The normalized spacial score (nSPS) is 13.2. The Morgan fingerprint density at radius 3 is 2.62 bits per heavy atom. The lowest BCUT2D eigenvalue weighted by Gasteiger charge is -2.22. The Balaban J connectivity index is 1.67. The molecule has 0 N–H and O–H groups in total. The zero-order chi connectivity index (χ0) is 22.5. The molecule has 0 aliphatic heterocycles. The van der Waals surface area contributed by atoms with E-state index in [1.807, 2.05) is 52.8 Å². The van der Waals surface area contributed by atoms with Crippen molar-refractivity contribution in [2.45, 2.75) is 38.3 Å². The first-order valence-corrected chi connectivity index (χ1v) is 11.9. The van der Waals surface area contributed by atoms with E-state index in [1.165, 1.54) is 17.3 Å². The molecule has 3 aromatic rings. The molecule has 1 aromatic heterocycles. The number of carbonyl (C=O) groups is 1. The minimum Gasteiger partial charge on any atom is -0.496 e. The fourth-order valence-electron chi connectivity index (χ4n) is 3.94. The molecule has 0 saturated carbocycles. The Kier molecular flexibility index (Phi) is 6.95. The zero-order valence-corrected chi connectivity index (χ0v) is 19.6. The standard InChI is InChI=1S/C25H28N4O2S/c1-4-28(19-9-5-6-10-19)23(30)17-32-25-27-26-24(21-11-7-8-12-22(21)31-3)29(25)20-15-13-18(2)14-16-20/h7-9,11-16H,4-6,10,17H2,1-3H3. The summed E-state index contributed by atoms with van der Waals surface area (Å²) >= 11 is 1.42. The Labute approximate surface area is 193 Å². The van der Waals surface area contributed by atoms with E-state index >= 15 is 0 Å². The number of ether oxygens (including phenoxy) is 1. The number of allylic oxidation sites excluding steroid dienone is 2. The van der Waals surface area contributed by atoms with Crippen molar-refractivity contribution < 1.29 is 9.53 Å². The highest BCUT2D eigenvalue weighted by molar-refractivity contribution is 7.99.